The van der Waals surface area contributed by atoms with Crippen LogP contribution in [0, 0.1) is 20.2 Å². The Morgan fingerprint density at radius 3 is 1.84 bits per heavy atom. The van der Waals surface area contributed by atoms with E-state index in [2.05, 4.69) is 0 Å². The number of hydrogen-bond donors (Lipinski definition) is 1. The van der Waals surface area contributed by atoms with E-state index in [-0.39, 0.29) is 18.0 Å². The van der Waals surface area contributed by atoms with Gasteiger partial charge in [0, 0.05) is 29.8 Å². The number of nitro benzene ring substituents is 2. The van der Waals surface area contributed by atoms with Crippen molar-refractivity contribution in [2.45, 2.75) is 18.5 Å². The van der Waals surface area contributed by atoms with Crippen molar-refractivity contribution in [2.75, 3.05) is 6.61 Å². The van der Waals surface area contributed by atoms with Gasteiger partial charge >= 0.3 is 0 Å². The summed E-state index contributed by atoms with van der Waals surface area (Å²) in [6.45, 7) is 0.00328. The fourth-order valence-corrected chi connectivity index (χ4v) is 2.55. The van der Waals surface area contributed by atoms with Crippen LogP contribution in [0.2, 0.25) is 0 Å². The topological polar surface area (TPSA) is 125 Å². The summed E-state index contributed by atoms with van der Waals surface area (Å²) in [6.07, 6.45) is -2.46. The van der Waals surface area contributed by atoms with Gasteiger partial charge in [-0.3, -0.25) is 20.2 Å². The van der Waals surface area contributed by atoms with Crippen LogP contribution in [0.4, 0.5) is 11.4 Å². The van der Waals surface area contributed by atoms with Crippen molar-refractivity contribution in [1.29, 1.82) is 0 Å². The van der Waals surface area contributed by atoms with Gasteiger partial charge in [0.1, 0.15) is 12.2 Å². The molecule has 2 aromatic rings. The first-order chi connectivity index (χ1) is 12.0. The smallest absolute Gasteiger partial charge is 0.269 e. The second kappa shape index (κ2) is 6.93. The Labute approximate surface area is 141 Å². The summed E-state index contributed by atoms with van der Waals surface area (Å²) in [5, 5.41) is 31.5. The third kappa shape index (κ3) is 3.63. The van der Waals surface area contributed by atoms with E-state index in [0.29, 0.717) is 11.1 Å². The average molecular weight is 346 g/mol. The summed E-state index contributed by atoms with van der Waals surface area (Å²) in [6, 6.07) is 11.4. The van der Waals surface area contributed by atoms with E-state index in [1.807, 2.05) is 0 Å². The van der Waals surface area contributed by atoms with Gasteiger partial charge in [-0.25, -0.2) is 0 Å². The molecule has 1 saturated heterocycles. The van der Waals surface area contributed by atoms with Gasteiger partial charge in [-0.1, -0.05) is 0 Å². The Hall–Kier alpha value is -2.88. The summed E-state index contributed by atoms with van der Waals surface area (Å²) in [7, 11) is 0. The van der Waals surface area contributed by atoms with E-state index in [0.717, 1.165) is 0 Å². The van der Waals surface area contributed by atoms with Gasteiger partial charge < -0.3 is 14.6 Å². The molecular formula is C16H14N2O7. The largest absolute Gasteiger partial charge is 0.388 e. The van der Waals surface area contributed by atoms with E-state index in [9.17, 15) is 25.3 Å². The summed E-state index contributed by atoms with van der Waals surface area (Å²) < 4.78 is 11.2. The molecule has 0 saturated carbocycles. The van der Waals surface area contributed by atoms with Gasteiger partial charge in [-0.05, 0) is 29.8 Å². The maximum absolute atomic E-state index is 10.7. The Bertz CT molecular complexity index is 776. The molecule has 0 spiro atoms. The molecule has 1 aliphatic rings. The lowest BCUT2D eigenvalue weighted by atomic mass is 10.0. The van der Waals surface area contributed by atoms with E-state index in [1.165, 1.54) is 48.5 Å². The van der Waals surface area contributed by atoms with Gasteiger partial charge in [0.15, 0.2) is 6.29 Å². The zero-order valence-electron chi connectivity index (χ0n) is 12.8. The third-order valence-corrected chi connectivity index (χ3v) is 3.85. The molecule has 3 atom stereocenters. The molecule has 1 heterocycles. The fraction of sp³-hybridized carbons (Fsp3) is 0.250. The molecule has 0 unspecified atom stereocenters. The Balaban J connectivity index is 1.79. The van der Waals surface area contributed by atoms with Crippen molar-refractivity contribution in [3.8, 4) is 0 Å². The van der Waals surface area contributed by atoms with Crippen molar-refractivity contribution in [2.24, 2.45) is 0 Å². The predicted molar refractivity (Wildman–Crippen MR) is 84.7 cm³/mol. The maximum atomic E-state index is 10.7. The molecule has 1 fully saturated rings. The number of nitro groups is 2. The number of ether oxygens (including phenoxy) is 2. The van der Waals surface area contributed by atoms with Crippen molar-refractivity contribution in [3.05, 3.63) is 79.9 Å². The van der Waals surface area contributed by atoms with E-state index in [4.69, 9.17) is 9.47 Å². The maximum Gasteiger partial charge on any atom is 0.269 e. The summed E-state index contributed by atoms with van der Waals surface area (Å²) in [5.74, 6) is 0. The predicted octanol–water partition coefficient (Wildman–Crippen LogP) is 2.65. The molecule has 130 valence electrons. The SMILES string of the molecule is O=[N+]([O-])c1ccc([C@@H]2OC[C@H](O)[C@@H](c3ccc([N+](=O)[O-])cc3)O2)cc1. The minimum atomic E-state index is -0.934. The molecule has 2 aromatic carbocycles. The highest BCUT2D eigenvalue weighted by Crippen LogP contribution is 2.35. The van der Waals surface area contributed by atoms with Crippen LogP contribution in [0.15, 0.2) is 48.5 Å². The lowest BCUT2D eigenvalue weighted by Crippen LogP contribution is -2.34. The van der Waals surface area contributed by atoms with Gasteiger partial charge in [0.05, 0.1) is 16.5 Å². The molecule has 9 heteroatoms. The molecule has 1 aliphatic heterocycles. The van der Waals surface area contributed by atoms with Crippen molar-refractivity contribution >= 4 is 11.4 Å². The lowest BCUT2D eigenvalue weighted by molar-refractivity contribution is -0.385. The van der Waals surface area contributed by atoms with Crippen molar-refractivity contribution in [3.63, 3.8) is 0 Å². The van der Waals surface area contributed by atoms with Crippen LogP contribution < -0.4 is 0 Å². The first-order valence-corrected chi connectivity index (χ1v) is 7.39. The summed E-state index contributed by atoms with van der Waals surface area (Å²) in [5.41, 5.74) is 1.04. The third-order valence-electron chi connectivity index (χ3n) is 3.85. The highest BCUT2D eigenvalue weighted by Gasteiger charge is 2.33. The first kappa shape index (κ1) is 17.0. The van der Waals surface area contributed by atoms with Crippen LogP contribution >= 0.6 is 0 Å². The van der Waals surface area contributed by atoms with Crippen LogP contribution in [0.1, 0.15) is 23.5 Å². The molecule has 0 aliphatic carbocycles. The Morgan fingerprint density at radius 2 is 1.36 bits per heavy atom. The number of non-ortho nitro benzene ring substituents is 2. The van der Waals surface area contributed by atoms with E-state index < -0.39 is 28.3 Å². The van der Waals surface area contributed by atoms with Crippen LogP contribution in [-0.2, 0) is 9.47 Å². The van der Waals surface area contributed by atoms with Gasteiger partial charge in [0.2, 0.25) is 0 Å². The number of hydrogen-bond acceptors (Lipinski definition) is 7. The molecule has 0 amide bonds. The Morgan fingerprint density at radius 1 is 0.880 bits per heavy atom. The Kier molecular flexibility index (Phi) is 4.70. The number of rotatable bonds is 4. The highest BCUT2D eigenvalue weighted by molar-refractivity contribution is 5.35. The minimum Gasteiger partial charge on any atom is -0.388 e. The number of aliphatic hydroxyl groups excluding tert-OH is 1. The molecule has 0 radical (unpaired) electrons. The molecule has 25 heavy (non-hydrogen) atoms. The average Bonchev–Trinajstić information content (AvgIpc) is 2.62. The molecular weight excluding hydrogens is 332 g/mol. The number of nitrogens with zero attached hydrogens (tertiary/aromatic N) is 2. The van der Waals surface area contributed by atoms with Gasteiger partial charge in [-0.2, -0.15) is 0 Å². The van der Waals surface area contributed by atoms with Crippen molar-refractivity contribution in [1.82, 2.24) is 0 Å². The first-order valence-electron chi connectivity index (χ1n) is 7.39. The zero-order chi connectivity index (χ0) is 18.0. The highest BCUT2D eigenvalue weighted by atomic mass is 16.7. The van der Waals surface area contributed by atoms with Gasteiger partial charge in [0.25, 0.3) is 11.4 Å². The normalized spacial score (nSPS) is 23.2. The number of aliphatic hydroxyl groups is 1. The monoisotopic (exact) mass is 346 g/mol. The van der Waals surface area contributed by atoms with Crippen LogP contribution in [0.3, 0.4) is 0 Å². The zero-order valence-corrected chi connectivity index (χ0v) is 12.8. The molecule has 3 rings (SSSR count). The van der Waals surface area contributed by atoms with Crippen LogP contribution in [-0.4, -0.2) is 27.7 Å². The summed E-state index contributed by atoms with van der Waals surface area (Å²) >= 11 is 0. The van der Waals surface area contributed by atoms with E-state index in [1.54, 1.807) is 0 Å². The second-order valence-electron chi connectivity index (χ2n) is 5.49. The van der Waals surface area contributed by atoms with Gasteiger partial charge in [-0.15, -0.1) is 0 Å². The minimum absolute atomic E-state index is 0.00328. The quantitative estimate of drug-likeness (QED) is 0.666. The summed E-state index contributed by atoms with van der Waals surface area (Å²) in [4.78, 5) is 20.4. The lowest BCUT2D eigenvalue weighted by Gasteiger charge is -2.34. The molecule has 0 aromatic heterocycles. The molecule has 9 nitrogen and oxygen atoms in total. The molecule has 1 N–H and O–H groups in total. The van der Waals surface area contributed by atoms with Crippen molar-refractivity contribution < 1.29 is 24.4 Å². The van der Waals surface area contributed by atoms with Crippen LogP contribution in [0.5, 0.6) is 0 Å². The standard InChI is InChI=1S/C16H14N2O7/c19-14-9-24-16(11-3-7-13(8-4-11)18(22)23)25-15(14)10-1-5-12(6-2-10)17(20)21/h1-8,14-16,19H,9H2/t14-,15+,16+/m0/s1. The second-order valence-corrected chi connectivity index (χ2v) is 5.49. The number of benzene rings is 2. The van der Waals surface area contributed by atoms with Crippen LogP contribution in [0.25, 0.3) is 0 Å². The fourth-order valence-electron chi connectivity index (χ4n) is 2.55. The molecule has 0 bridgehead atoms. The van der Waals surface area contributed by atoms with E-state index >= 15 is 0 Å².